The van der Waals surface area contributed by atoms with Crippen molar-refractivity contribution in [2.75, 3.05) is 24.7 Å². The van der Waals surface area contributed by atoms with E-state index in [9.17, 15) is 8.60 Å². The van der Waals surface area contributed by atoms with E-state index in [2.05, 4.69) is 25.0 Å². The molecule has 0 atom stereocenters. The van der Waals surface area contributed by atoms with Crippen LogP contribution in [0.4, 0.5) is 10.1 Å². The van der Waals surface area contributed by atoms with Gasteiger partial charge < -0.3 is 10.1 Å². The van der Waals surface area contributed by atoms with Gasteiger partial charge in [-0.15, -0.1) is 0 Å². The molecule has 0 saturated heterocycles. The maximum Gasteiger partial charge on any atom is 0.287 e. The summed E-state index contributed by atoms with van der Waals surface area (Å²) in [6, 6.07) is 3.90. The van der Waals surface area contributed by atoms with Crippen molar-refractivity contribution in [2.45, 2.75) is 0 Å². The first-order chi connectivity index (χ1) is 11.3. The average Bonchev–Trinajstić information content (AvgIpc) is 2.95. The molecule has 0 radical (unpaired) electrons. The van der Waals surface area contributed by atoms with Gasteiger partial charge in [-0.2, -0.15) is 0 Å². The van der Waals surface area contributed by atoms with Gasteiger partial charge in [-0.25, -0.2) is 13.7 Å². The van der Waals surface area contributed by atoms with Gasteiger partial charge >= 0.3 is 0 Å². The zero-order chi connectivity index (χ0) is 17.7. The molecule has 1 heterocycles. The standard InChI is InChI=1S/C12H16ClFN6O3S/c1-24(16,21)17-4-5-22-12-10(19-23-20-12)11(15)18-7-2-3-9(14)8(13)6-7/h2-3,6,24H,4-5H2,1H3,(H2,15,18)(H3,16,17,21). The van der Waals surface area contributed by atoms with Crippen LogP contribution in [0.25, 0.3) is 0 Å². The van der Waals surface area contributed by atoms with Crippen LogP contribution in [0, 0.1) is 11.2 Å². The number of hydrogen-bond acceptors (Lipinski definition) is 6. The van der Waals surface area contributed by atoms with Crippen LogP contribution < -0.4 is 19.9 Å². The van der Waals surface area contributed by atoms with Crippen LogP contribution in [0.15, 0.2) is 22.8 Å². The second-order valence-corrected chi connectivity index (χ2v) is 7.50. The number of rotatable bonds is 7. The third kappa shape index (κ3) is 5.23. The molecule has 0 saturated carbocycles. The van der Waals surface area contributed by atoms with Crippen molar-refractivity contribution in [2.24, 2.45) is 5.14 Å². The van der Waals surface area contributed by atoms with Crippen LogP contribution in [-0.4, -0.2) is 39.8 Å². The highest BCUT2D eigenvalue weighted by atomic mass is 35.5. The molecule has 0 aliphatic heterocycles. The summed E-state index contributed by atoms with van der Waals surface area (Å²) in [5, 5.41) is 23.0. The third-order valence-electron chi connectivity index (χ3n) is 2.65. The van der Waals surface area contributed by atoms with Crippen molar-refractivity contribution < 1.29 is 18.0 Å². The molecule has 0 amide bonds. The predicted molar refractivity (Wildman–Crippen MR) is 89.3 cm³/mol. The van der Waals surface area contributed by atoms with Gasteiger partial charge in [0.25, 0.3) is 5.88 Å². The van der Waals surface area contributed by atoms with E-state index in [1.807, 2.05) is 0 Å². The average molecular weight is 379 g/mol. The highest BCUT2D eigenvalue weighted by Crippen LogP contribution is 2.21. The Morgan fingerprint density at radius 1 is 1.54 bits per heavy atom. The molecule has 0 spiro atoms. The van der Waals surface area contributed by atoms with Crippen molar-refractivity contribution in [3.63, 3.8) is 0 Å². The van der Waals surface area contributed by atoms with Gasteiger partial charge in [0.2, 0.25) is 5.69 Å². The van der Waals surface area contributed by atoms with Crippen LogP contribution in [0.5, 0.6) is 5.88 Å². The summed E-state index contributed by atoms with van der Waals surface area (Å²) in [6.07, 6.45) is 1.38. The number of thiol groups is 1. The van der Waals surface area contributed by atoms with Crippen molar-refractivity contribution in [3.8, 4) is 5.88 Å². The van der Waals surface area contributed by atoms with E-state index in [4.69, 9.17) is 26.9 Å². The Kier molecular flexibility index (Phi) is 5.83. The van der Waals surface area contributed by atoms with E-state index in [1.54, 1.807) is 0 Å². The normalized spacial score (nSPS) is 12.0. The largest absolute Gasteiger partial charge is 0.472 e. The third-order valence-corrected chi connectivity index (χ3v) is 3.79. The first-order valence-electron chi connectivity index (χ1n) is 6.64. The van der Waals surface area contributed by atoms with Gasteiger partial charge in [-0.1, -0.05) is 11.6 Å². The Labute approximate surface area is 142 Å². The lowest BCUT2D eigenvalue weighted by atomic mass is 10.3. The summed E-state index contributed by atoms with van der Waals surface area (Å²) in [6.45, 7) is 0.302. The lowest BCUT2D eigenvalue weighted by molar-refractivity contribution is 0.258. The molecule has 132 valence electrons. The summed E-state index contributed by atoms with van der Waals surface area (Å²) in [5.41, 5.74) is 0.403. The zero-order valence-corrected chi connectivity index (χ0v) is 14.2. The molecule has 0 fully saturated rings. The first kappa shape index (κ1) is 18.3. The van der Waals surface area contributed by atoms with Gasteiger partial charge in [0.15, 0.2) is 5.84 Å². The molecule has 24 heavy (non-hydrogen) atoms. The van der Waals surface area contributed by atoms with Crippen molar-refractivity contribution in [3.05, 3.63) is 34.7 Å². The molecule has 0 aliphatic carbocycles. The first-order valence-corrected chi connectivity index (χ1v) is 9.24. The Morgan fingerprint density at radius 2 is 2.29 bits per heavy atom. The fraction of sp³-hybridized carbons (Fsp3) is 0.250. The number of nitrogens with one attached hydrogen (secondary N) is 3. The molecule has 9 nitrogen and oxygen atoms in total. The highest BCUT2D eigenvalue weighted by molar-refractivity contribution is 7.98. The van der Waals surface area contributed by atoms with Gasteiger partial charge in [0.05, 0.1) is 5.02 Å². The maximum atomic E-state index is 13.1. The van der Waals surface area contributed by atoms with Gasteiger partial charge in [0.1, 0.15) is 12.4 Å². The number of hydrogen-bond donors (Lipinski definition) is 5. The smallest absolute Gasteiger partial charge is 0.287 e. The number of halogens is 2. The predicted octanol–water partition coefficient (Wildman–Crippen LogP) is 0.703. The quantitative estimate of drug-likeness (QED) is 0.208. The summed E-state index contributed by atoms with van der Waals surface area (Å²) < 4.78 is 36.9. The Bertz CT molecular complexity index is 780. The van der Waals surface area contributed by atoms with Crippen molar-refractivity contribution in [1.82, 2.24) is 15.0 Å². The molecule has 2 rings (SSSR count). The molecule has 12 heteroatoms. The van der Waals surface area contributed by atoms with Gasteiger partial charge in [-0.3, -0.25) is 14.8 Å². The number of nitrogens with two attached hydrogens (primary N) is 1. The molecule has 5 N–H and O–H groups in total. The summed E-state index contributed by atoms with van der Waals surface area (Å²) in [7, 11) is -2.85. The number of nitrogens with zero attached hydrogens (tertiary/aromatic N) is 2. The molecule has 0 unspecified atom stereocenters. The van der Waals surface area contributed by atoms with E-state index in [1.165, 1.54) is 18.4 Å². The van der Waals surface area contributed by atoms with Crippen molar-refractivity contribution in [1.29, 1.82) is 5.41 Å². The molecular weight excluding hydrogens is 363 g/mol. The monoisotopic (exact) mass is 378 g/mol. The lowest BCUT2D eigenvalue weighted by Gasteiger charge is -2.14. The fourth-order valence-electron chi connectivity index (χ4n) is 1.62. The summed E-state index contributed by atoms with van der Waals surface area (Å²) in [4.78, 5) is 0. The SMILES string of the molecule is C[SH](N)(=O)NCCOc1nonc1C(=N)Nc1ccc(F)c(Cl)c1. The molecular formula is C12H16ClFN6O3S. The number of aromatic nitrogens is 2. The van der Waals surface area contributed by atoms with Gasteiger partial charge in [-0.05, 0) is 38.8 Å². The highest BCUT2D eigenvalue weighted by Gasteiger charge is 2.17. The minimum atomic E-state index is -2.85. The van der Waals surface area contributed by atoms with E-state index in [0.29, 0.717) is 5.69 Å². The lowest BCUT2D eigenvalue weighted by Crippen LogP contribution is -2.39. The van der Waals surface area contributed by atoms with E-state index in [-0.39, 0.29) is 35.6 Å². The molecule has 1 aromatic carbocycles. The van der Waals surface area contributed by atoms with E-state index in [0.717, 1.165) is 6.07 Å². The van der Waals surface area contributed by atoms with Crippen LogP contribution in [0.2, 0.25) is 5.02 Å². The fourth-order valence-corrected chi connectivity index (χ4v) is 2.34. The number of ether oxygens (including phenoxy) is 1. The summed E-state index contributed by atoms with van der Waals surface area (Å²) >= 11 is 5.68. The Balaban J connectivity index is 1.97. The van der Waals surface area contributed by atoms with Gasteiger partial charge in [0, 0.05) is 18.5 Å². The van der Waals surface area contributed by atoms with Crippen LogP contribution in [0.1, 0.15) is 5.69 Å². The second-order valence-electron chi connectivity index (χ2n) is 4.79. The molecule has 2 aromatic rings. The number of amidine groups is 1. The zero-order valence-electron chi connectivity index (χ0n) is 12.5. The minimum Gasteiger partial charge on any atom is -0.472 e. The van der Waals surface area contributed by atoms with Crippen LogP contribution in [0.3, 0.4) is 0 Å². The summed E-state index contributed by atoms with van der Waals surface area (Å²) in [5.74, 6) is -0.770. The Morgan fingerprint density at radius 3 is 2.96 bits per heavy atom. The van der Waals surface area contributed by atoms with E-state index < -0.39 is 16.1 Å². The number of benzene rings is 1. The molecule has 1 aromatic heterocycles. The van der Waals surface area contributed by atoms with Crippen LogP contribution >= 0.6 is 11.6 Å². The molecule has 0 aliphatic rings. The maximum absolute atomic E-state index is 13.1. The topological polar surface area (TPSA) is 139 Å². The van der Waals surface area contributed by atoms with Crippen LogP contribution in [-0.2, 0) is 10.3 Å². The van der Waals surface area contributed by atoms with Crippen molar-refractivity contribution >= 4 is 33.4 Å². The van der Waals surface area contributed by atoms with E-state index >= 15 is 0 Å². The molecule has 0 bridgehead atoms. The Hall–Kier alpha value is -2.08. The minimum absolute atomic E-state index is 0.0166. The second kappa shape index (κ2) is 7.66. The number of anilines is 1.